The normalized spacial score (nSPS) is 10.6. The first kappa shape index (κ1) is 13.2. The highest BCUT2D eigenvalue weighted by molar-refractivity contribution is 5.74. The molecule has 0 atom stereocenters. The van der Waals surface area contributed by atoms with E-state index in [0.717, 1.165) is 5.56 Å². The van der Waals surface area contributed by atoms with Crippen LogP contribution in [0.4, 0.5) is 0 Å². The van der Waals surface area contributed by atoms with Crippen LogP contribution in [0.2, 0.25) is 0 Å². The average Bonchev–Trinajstić information content (AvgIpc) is 3.01. The summed E-state index contributed by atoms with van der Waals surface area (Å²) in [5.41, 5.74) is 2.20. The molecule has 0 radical (unpaired) electrons. The molecule has 0 bridgehead atoms. The molecule has 3 rings (SSSR count). The Labute approximate surface area is 120 Å². The van der Waals surface area contributed by atoms with Crippen molar-refractivity contribution in [1.82, 2.24) is 19.9 Å². The second-order valence-corrected chi connectivity index (χ2v) is 4.26. The number of benzene rings is 1. The molecule has 0 aliphatic carbocycles. The van der Waals surface area contributed by atoms with Crippen LogP contribution < -0.4 is 14.2 Å². The van der Waals surface area contributed by atoms with E-state index in [-0.39, 0.29) is 0 Å². The van der Waals surface area contributed by atoms with Crippen LogP contribution in [0.3, 0.4) is 0 Å². The van der Waals surface area contributed by atoms with Crippen molar-refractivity contribution in [3.8, 4) is 17.4 Å². The molecule has 7 nitrogen and oxygen atoms in total. The number of hydrogen-bond donors (Lipinski definition) is 1. The van der Waals surface area contributed by atoms with Gasteiger partial charge in [0.1, 0.15) is 18.5 Å². The predicted molar refractivity (Wildman–Crippen MR) is 75.6 cm³/mol. The molecule has 21 heavy (non-hydrogen) atoms. The number of fused-ring (bicyclic) bond motifs is 1. The summed E-state index contributed by atoms with van der Waals surface area (Å²) in [6.45, 7) is 0.353. The average molecular weight is 286 g/mol. The summed E-state index contributed by atoms with van der Waals surface area (Å²) < 4.78 is 16.2. The Balaban J connectivity index is 1.80. The Morgan fingerprint density at radius 1 is 1.05 bits per heavy atom. The van der Waals surface area contributed by atoms with Crippen LogP contribution in [0, 0.1) is 0 Å². The third-order valence-corrected chi connectivity index (χ3v) is 3.01. The highest BCUT2D eigenvalue weighted by Crippen LogP contribution is 2.28. The number of H-pyrrole nitrogens is 1. The Morgan fingerprint density at radius 3 is 2.71 bits per heavy atom. The second kappa shape index (κ2) is 5.66. The molecular weight excluding hydrogens is 272 g/mol. The Bertz CT molecular complexity index is 757. The number of ether oxygens (including phenoxy) is 3. The van der Waals surface area contributed by atoms with Crippen molar-refractivity contribution in [2.75, 3.05) is 14.2 Å². The zero-order chi connectivity index (χ0) is 14.7. The van der Waals surface area contributed by atoms with E-state index in [9.17, 15) is 0 Å². The fraction of sp³-hybridized carbons (Fsp3) is 0.214. The van der Waals surface area contributed by atoms with Gasteiger partial charge in [-0.15, -0.1) is 0 Å². The lowest BCUT2D eigenvalue weighted by Gasteiger charge is -2.10. The molecule has 0 saturated heterocycles. The predicted octanol–water partition coefficient (Wildman–Crippen LogP) is 1.95. The molecule has 7 heteroatoms. The van der Waals surface area contributed by atoms with Crippen molar-refractivity contribution in [2.45, 2.75) is 6.61 Å². The van der Waals surface area contributed by atoms with Crippen molar-refractivity contribution < 1.29 is 14.2 Å². The Morgan fingerprint density at radius 2 is 1.90 bits per heavy atom. The summed E-state index contributed by atoms with van der Waals surface area (Å²) in [6, 6.07) is 5.61. The zero-order valence-electron chi connectivity index (χ0n) is 11.7. The minimum atomic E-state index is 0.353. The van der Waals surface area contributed by atoms with E-state index in [4.69, 9.17) is 14.2 Å². The number of rotatable bonds is 5. The van der Waals surface area contributed by atoms with Gasteiger partial charge in [0, 0.05) is 0 Å². The topological polar surface area (TPSA) is 82.2 Å². The fourth-order valence-corrected chi connectivity index (χ4v) is 1.97. The highest BCUT2D eigenvalue weighted by atomic mass is 16.5. The van der Waals surface area contributed by atoms with Gasteiger partial charge < -0.3 is 19.2 Å². The van der Waals surface area contributed by atoms with Crippen LogP contribution in [0.15, 0.2) is 30.9 Å². The maximum absolute atomic E-state index is 5.72. The van der Waals surface area contributed by atoms with Crippen molar-refractivity contribution in [2.24, 2.45) is 0 Å². The lowest BCUT2D eigenvalue weighted by Crippen LogP contribution is -2.00. The van der Waals surface area contributed by atoms with Crippen LogP contribution in [0.25, 0.3) is 11.2 Å². The summed E-state index contributed by atoms with van der Waals surface area (Å²) in [7, 11) is 3.20. The molecule has 0 unspecified atom stereocenters. The summed E-state index contributed by atoms with van der Waals surface area (Å²) >= 11 is 0. The number of methoxy groups -OCH3 is 2. The lowest BCUT2D eigenvalue weighted by atomic mass is 10.2. The smallest absolute Gasteiger partial charge is 0.243 e. The van der Waals surface area contributed by atoms with E-state index in [2.05, 4.69) is 19.9 Å². The van der Waals surface area contributed by atoms with Gasteiger partial charge >= 0.3 is 0 Å². The van der Waals surface area contributed by atoms with Crippen molar-refractivity contribution in [1.29, 1.82) is 0 Å². The zero-order valence-corrected chi connectivity index (χ0v) is 11.7. The van der Waals surface area contributed by atoms with E-state index in [1.165, 1.54) is 6.33 Å². The van der Waals surface area contributed by atoms with E-state index >= 15 is 0 Å². The number of imidazole rings is 1. The molecule has 108 valence electrons. The van der Waals surface area contributed by atoms with Crippen LogP contribution in [-0.2, 0) is 6.61 Å². The molecule has 0 fully saturated rings. The molecule has 0 aliphatic rings. The molecule has 2 heterocycles. The molecule has 0 amide bonds. The van der Waals surface area contributed by atoms with Gasteiger partial charge in [-0.05, 0) is 17.7 Å². The van der Waals surface area contributed by atoms with E-state index < -0.39 is 0 Å². The maximum atomic E-state index is 5.72. The maximum Gasteiger partial charge on any atom is 0.243 e. The number of nitrogens with one attached hydrogen (secondary N) is 1. The summed E-state index contributed by atoms with van der Waals surface area (Å²) in [5, 5.41) is 0. The molecule has 0 aliphatic heterocycles. The molecule has 0 spiro atoms. The Hall–Kier alpha value is -2.83. The summed E-state index contributed by atoms with van der Waals surface area (Å²) in [5.74, 6) is 1.81. The van der Waals surface area contributed by atoms with Crippen molar-refractivity contribution >= 4 is 11.2 Å². The van der Waals surface area contributed by atoms with Crippen molar-refractivity contribution in [3.63, 3.8) is 0 Å². The number of aromatic nitrogens is 4. The van der Waals surface area contributed by atoms with Gasteiger partial charge in [0.05, 0.1) is 20.5 Å². The molecule has 2 aromatic heterocycles. The van der Waals surface area contributed by atoms with Crippen molar-refractivity contribution in [3.05, 3.63) is 36.4 Å². The third-order valence-electron chi connectivity index (χ3n) is 3.01. The minimum absolute atomic E-state index is 0.353. The first-order valence-corrected chi connectivity index (χ1v) is 6.29. The minimum Gasteiger partial charge on any atom is -0.493 e. The van der Waals surface area contributed by atoms with Crippen LogP contribution in [-0.4, -0.2) is 34.2 Å². The van der Waals surface area contributed by atoms with E-state index in [1.54, 1.807) is 20.5 Å². The van der Waals surface area contributed by atoms with Crippen LogP contribution in [0.5, 0.6) is 17.4 Å². The number of nitrogens with zero attached hydrogens (tertiary/aromatic N) is 3. The SMILES string of the molecule is COc1ccc(COc2ncnc3nc[nH]c23)cc1OC. The molecule has 1 aromatic carbocycles. The van der Waals surface area contributed by atoms with E-state index in [0.29, 0.717) is 35.1 Å². The largest absolute Gasteiger partial charge is 0.493 e. The summed E-state index contributed by atoms with van der Waals surface area (Å²) in [4.78, 5) is 15.2. The number of hydrogen-bond acceptors (Lipinski definition) is 6. The molecule has 0 saturated carbocycles. The molecular formula is C14H14N4O3. The van der Waals surface area contributed by atoms with Gasteiger partial charge in [-0.25, -0.2) is 9.97 Å². The van der Waals surface area contributed by atoms with Gasteiger partial charge in [0.2, 0.25) is 5.88 Å². The van der Waals surface area contributed by atoms with Crippen LogP contribution >= 0.6 is 0 Å². The Kier molecular flexibility index (Phi) is 3.55. The van der Waals surface area contributed by atoms with Gasteiger partial charge in [0.25, 0.3) is 0 Å². The lowest BCUT2D eigenvalue weighted by molar-refractivity contribution is 0.295. The monoisotopic (exact) mass is 286 g/mol. The number of aromatic amines is 1. The first-order valence-electron chi connectivity index (χ1n) is 6.29. The van der Waals surface area contributed by atoms with Gasteiger partial charge in [-0.3, -0.25) is 0 Å². The van der Waals surface area contributed by atoms with E-state index in [1.807, 2.05) is 18.2 Å². The molecule has 1 N–H and O–H groups in total. The first-order chi connectivity index (χ1) is 10.3. The molecule has 3 aromatic rings. The second-order valence-electron chi connectivity index (χ2n) is 4.26. The van der Waals surface area contributed by atoms with Gasteiger partial charge in [0.15, 0.2) is 17.1 Å². The van der Waals surface area contributed by atoms with Crippen LogP contribution in [0.1, 0.15) is 5.56 Å². The quantitative estimate of drug-likeness (QED) is 0.772. The summed E-state index contributed by atoms with van der Waals surface area (Å²) in [6.07, 6.45) is 2.98. The fourth-order valence-electron chi connectivity index (χ4n) is 1.97. The van der Waals surface area contributed by atoms with Gasteiger partial charge in [-0.2, -0.15) is 4.98 Å². The highest BCUT2D eigenvalue weighted by Gasteiger charge is 2.09. The third kappa shape index (κ3) is 2.58. The standard InChI is InChI=1S/C14H14N4O3/c1-19-10-4-3-9(5-11(10)20-2)6-21-14-12-13(16-7-15-12)17-8-18-14/h3-5,7-8H,6H2,1-2H3,(H,15,16,17,18). The van der Waals surface area contributed by atoms with Gasteiger partial charge in [-0.1, -0.05) is 6.07 Å².